The first-order valence-electron chi connectivity index (χ1n) is 7.27. The van der Waals surface area contributed by atoms with Crippen molar-refractivity contribution in [2.75, 3.05) is 0 Å². The summed E-state index contributed by atoms with van der Waals surface area (Å²) >= 11 is 0. The molecule has 0 spiro atoms. The summed E-state index contributed by atoms with van der Waals surface area (Å²) in [5.41, 5.74) is 0. The van der Waals surface area contributed by atoms with Gasteiger partial charge in [-0.15, -0.1) is 6.58 Å². The maximum atomic E-state index is 10.0. The van der Waals surface area contributed by atoms with E-state index >= 15 is 0 Å². The van der Waals surface area contributed by atoms with Crippen LogP contribution in [0.4, 0.5) is 0 Å². The zero-order valence-corrected chi connectivity index (χ0v) is 13.4. The second kappa shape index (κ2) is 8.93. The van der Waals surface area contributed by atoms with E-state index in [1.165, 1.54) is 38.5 Å². The highest BCUT2D eigenvalue weighted by Crippen LogP contribution is 2.20. The number of hydrogen-bond acceptors (Lipinski definition) is 1. The molecule has 0 saturated carbocycles. The number of rotatable bonds is 10. The molecule has 0 aliphatic rings. The van der Waals surface area contributed by atoms with E-state index in [9.17, 15) is 5.11 Å². The molecule has 0 rings (SSSR count). The fourth-order valence-electron chi connectivity index (χ4n) is 1.97. The lowest BCUT2D eigenvalue weighted by atomic mass is 10.1. The first kappa shape index (κ1) is 16.9. The molecule has 0 aromatic rings. The standard InChI is InChI=1S/C15H32OSi/c1-6-7-8-9-10-11-12-13-15(16)14(2)17(3,4)5/h15-16H,2,6-13H2,1,3-5H3. The lowest BCUT2D eigenvalue weighted by molar-refractivity contribution is 0.202. The maximum absolute atomic E-state index is 10.0. The van der Waals surface area contributed by atoms with E-state index in [4.69, 9.17) is 0 Å². The van der Waals surface area contributed by atoms with Gasteiger partial charge in [-0.2, -0.15) is 0 Å². The molecule has 0 heterocycles. The minimum atomic E-state index is -1.35. The number of unbranched alkanes of at least 4 members (excludes halogenated alkanes) is 6. The monoisotopic (exact) mass is 256 g/mol. The van der Waals surface area contributed by atoms with Gasteiger partial charge in [0.25, 0.3) is 0 Å². The largest absolute Gasteiger partial charge is 0.389 e. The van der Waals surface area contributed by atoms with Crippen molar-refractivity contribution in [2.24, 2.45) is 0 Å². The fourth-order valence-corrected chi connectivity index (χ4v) is 3.11. The van der Waals surface area contributed by atoms with Crippen molar-refractivity contribution in [1.82, 2.24) is 0 Å². The molecule has 0 bridgehead atoms. The average Bonchev–Trinajstić information content (AvgIpc) is 2.25. The first-order chi connectivity index (χ1) is 7.89. The van der Waals surface area contributed by atoms with Crippen LogP contribution < -0.4 is 0 Å². The van der Waals surface area contributed by atoms with Gasteiger partial charge in [0.15, 0.2) is 0 Å². The van der Waals surface area contributed by atoms with Gasteiger partial charge < -0.3 is 5.11 Å². The summed E-state index contributed by atoms with van der Waals surface area (Å²) in [5, 5.41) is 11.1. The van der Waals surface area contributed by atoms with Crippen LogP contribution in [0.2, 0.25) is 19.6 Å². The molecule has 102 valence electrons. The predicted molar refractivity (Wildman–Crippen MR) is 81.1 cm³/mol. The zero-order valence-electron chi connectivity index (χ0n) is 12.4. The minimum Gasteiger partial charge on any atom is -0.389 e. The number of aliphatic hydroxyl groups excluding tert-OH is 1. The van der Waals surface area contributed by atoms with Crippen LogP contribution in [0.1, 0.15) is 58.3 Å². The van der Waals surface area contributed by atoms with Crippen LogP contribution in [0.3, 0.4) is 0 Å². The molecule has 1 atom stereocenters. The van der Waals surface area contributed by atoms with Crippen molar-refractivity contribution < 1.29 is 5.11 Å². The lowest BCUT2D eigenvalue weighted by Crippen LogP contribution is -2.31. The third-order valence-electron chi connectivity index (χ3n) is 3.45. The van der Waals surface area contributed by atoms with E-state index in [1.54, 1.807) is 0 Å². The maximum Gasteiger partial charge on any atom is 0.0750 e. The Labute approximate surface area is 109 Å². The molecule has 0 amide bonds. The van der Waals surface area contributed by atoms with Crippen molar-refractivity contribution in [1.29, 1.82) is 0 Å². The lowest BCUT2D eigenvalue weighted by Gasteiger charge is -2.24. The van der Waals surface area contributed by atoms with E-state index in [0.717, 1.165) is 18.0 Å². The van der Waals surface area contributed by atoms with Crippen LogP contribution in [0, 0.1) is 0 Å². The molecule has 0 radical (unpaired) electrons. The Bertz CT molecular complexity index is 205. The Kier molecular flexibility index (Phi) is 8.88. The molecular weight excluding hydrogens is 224 g/mol. The molecule has 0 aromatic carbocycles. The highest BCUT2D eigenvalue weighted by molar-refractivity contribution is 6.83. The minimum absolute atomic E-state index is 0.252. The van der Waals surface area contributed by atoms with Gasteiger partial charge in [-0.05, 0) is 6.42 Å². The summed E-state index contributed by atoms with van der Waals surface area (Å²) in [6, 6.07) is 0. The van der Waals surface area contributed by atoms with Crippen molar-refractivity contribution >= 4 is 8.07 Å². The van der Waals surface area contributed by atoms with E-state index in [1.807, 2.05) is 0 Å². The van der Waals surface area contributed by atoms with Crippen LogP contribution in [-0.2, 0) is 0 Å². The quantitative estimate of drug-likeness (QED) is 0.434. The second-order valence-electron chi connectivity index (χ2n) is 6.20. The Morgan fingerprint density at radius 3 is 1.94 bits per heavy atom. The Morgan fingerprint density at radius 1 is 1.00 bits per heavy atom. The summed E-state index contributed by atoms with van der Waals surface area (Å²) in [6.07, 6.45) is 9.82. The molecule has 1 nitrogen and oxygen atoms in total. The third kappa shape index (κ3) is 8.61. The molecule has 0 aliphatic heterocycles. The van der Waals surface area contributed by atoms with Gasteiger partial charge in [0.1, 0.15) is 0 Å². The Morgan fingerprint density at radius 2 is 1.47 bits per heavy atom. The first-order valence-corrected chi connectivity index (χ1v) is 10.8. The summed E-state index contributed by atoms with van der Waals surface area (Å²) in [4.78, 5) is 0. The van der Waals surface area contributed by atoms with Gasteiger partial charge in [-0.25, -0.2) is 0 Å². The zero-order chi connectivity index (χ0) is 13.3. The average molecular weight is 257 g/mol. The molecule has 17 heavy (non-hydrogen) atoms. The molecular formula is C15H32OSi. The number of aliphatic hydroxyl groups is 1. The van der Waals surface area contributed by atoms with Crippen LogP contribution in [-0.4, -0.2) is 19.3 Å². The highest BCUT2D eigenvalue weighted by atomic mass is 28.3. The third-order valence-corrected chi connectivity index (χ3v) is 5.71. The summed E-state index contributed by atoms with van der Waals surface area (Å²) in [6.45, 7) is 13.1. The molecule has 0 saturated heterocycles. The molecule has 0 aliphatic carbocycles. The van der Waals surface area contributed by atoms with E-state index in [2.05, 4.69) is 33.1 Å². The topological polar surface area (TPSA) is 20.2 Å². The summed E-state index contributed by atoms with van der Waals surface area (Å²) in [5.74, 6) is 0. The molecule has 1 N–H and O–H groups in total. The van der Waals surface area contributed by atoms with Gasteiger partial charge in [0.2, 0.25) is 0 Å². The summed E-state index contributed by atoms with van der Waals surface area (Å²) in [7, 11) is -1.35. The SMILES string of the molecule is C=C(C(O)CCCCCCCCC)[Si](C)(C)C. The fraction of sp³-hybridized carbons (Fsp3) is 0.867. The van der Waals surface area contributed by atoms with Crippen LogP contribution in [0.25, 0.3) is 0 Å². The van der Waals surface area contributed by atoms with Crippen LogP contribution >= 0.6 is 0 Å². The molecule has 1 unspecified atom stereocenters. The second-order valence-corrected chi connectivity index (χ2v) is 11.3. The van der Waals surface area contributed by atoms with Crippen LogP contribution in [0.5, 0.6) is 0 Å². The molecule has 0 aromatic heterocycles. The molecule has 0 fully saturated rings. The number of hydrogen-bond donors (Lipinski definition) is 1. The Balaban J connectivity index is 3.52. The van der Waals surface area contributed by atoms with Crippen LogP contribution in [0.15, 0.2) is 11.8 Å². The molecule has 2 heteroatoms. The van der Waals surface area contributed by atoms with Crippen molar-refractivity contribution in [2.45, 2.75) is 84.0 Å². The van der Waals surface area contributed by atoms with Gasteiger partial charge >= 0.3 is 0 Å². The van der Waals surface area contributed by atoms with Crippen molar-refractivity contribution in [3.8, 4) is 0 Å². The van der Waals surface area contributed by atoms with Gasteiger partial charge in [0.05, 0.1) is 14.2 Å². The summed E-state index contributed by atoms with van der Waals surface area (Å²) < 4.78 is 0. The van der Waals surface area contributed by atoms with Gasteiger partial charge in [-0.3, -0.25) is 0 Å². The smallest absolute Gasteiger partial charge is 0.0750 e. The van der Waals surface area contributed by atoms with Gasteiger partial charge in [0, 0.05) is 0 Å². The normalized spacial score (nSPS) is 13.7. The van der Waals surface area contributed by atoms with Crippen molar-refractivity contribution in [3.05, 3.63) is 11.8 Å². The Hall–Kier alpha value is -0.0831. The van der Waals surface area contributed by atoms with E-state index in [0.29, 0.717) is 0 Å². The van der Waals surface area contributed by atoms with E-state index in [-0.39, 0.29) is 6.10 Å². The highest BCUT2D eigenvalue weighted by Gasteiger charge is 2.23. The van der Waals surface area contributed by atoms with E-state index < -0.39 is 8.07 Å². The van der Waals surface area contributed by atoms with Gasteiger partial charge in [-0.1, -0.05) is 76.7 Å². The predicted octanol–water partition coefficient (Wildman–Crippen LogP) is 4.92. The van der Waals surface area contributed by atoms with Crippen molar-refractivity contribution in [3.63, 3.8) is 0 Å².